The van der Waals surface area contributed by atoms with Gasteiger partial charge in [-0.2, -0.15) is 0 Å². The van der Waals surface area contributed by atoms with E-state index in [9.17, 15) is 0 Å². The van der Waals surface area contributed by atoms with Gasteiger partial charge in [-0.25, -0.2) is 19.9 Å². The number of rotatable bonds is 5. The zero-order valence-electron chi connectivity index (χ0n) is 31.0. The molecule has 12 rings (SSSR count). The Labute approximate surface area is 332 Å². The van der Waals surface area contributed by atoms with Crippen LogP contribution in [0.5, 0.6) is 0 Å². The van der Waals surface area contributed by atoms with Crippen molar-refractivity contribution < 1.29 is 4.42 Å². The van der Waals surface area contributed by atoms with Crippen molar-refractivity contribution in [3.8, 4) is 51.1 Å². The van der Waals surface area contributed by atoms with E-state index in [-0.39, 0.29) is 0 Å². The molecule has 4 heterocycles. The molecule has 0 aliphatic carbocycles. The van der Waals surface area contributed by atoms with Gasteiger partial charge in [-0.3, -0.25) is 0 Å². The molecular formula is C52H31N5O. The van der Waals surface area contributed by atoms with Crippen molar-refractivity contribution in [2.24, 2.45) is 0 Å². The van der Waals surface area contributed by atoms with Gasteiger partial charge in [0.15, 0.2) is 23.1 Å². The number of fused-ring (bicyclic) bond motifs is 9. The quantitative estimate of drug-likeness (QED) is 0.176. The average molecular weight is 742 g/mol. The van der Waals surface area contributed by atoms with E-state index in [0.717, 1.165) is 88.3 Å². The summed E-state index contributed by atoms with van der Waals surface area (Å²) in [5.74, 6) is 1.80. The molecule has 12 aromatic rings. The Hall–Kier alpha value is -7.96. The monoisotopic (exact) mass is 741 g/mol. The Bertz CT molecular complexity index is 3520. The summed E-state index contributed by atoms with van der Waals surface area (Å²) in [5, 5.41) is 7.87. The number of hydrogen-bond acceptors (Lipinski definition) is 5. The fraction of sp³-hybridized carbons (Fsp3) is 0. The van der Waals surface area contributed by atoms with Crippen molar-refractivity contribution in [2.75, 3.05) is 0 Å². The molecular weight excluding hydrogens is 711 g/mol. The van der Waals surface area contributed by atoms with Crippen LogP contribution in [0.15, 0.2) is 192 Å². The maximum absolute atomic E-state index is 6.51. The summed E-state index contributed by atoms with van der Waals surface area (Å²) in [5.41, 5.74) is 10.3. The molecule has 0 atom stereocenters. The SMILES string of the molecule is c1cc(-c2nc(-c3ccc(-c4nc5ccccc5c5c4oc4ccccc45)cc3)nc(-c3cccc4ccccc34)n2)cc(-n2c3ccccc3c3ccccc32)c1. The standard InChI is InChI=1S/C52H31N5O/c1-2-17-37-32(13-1)14-12-22-40(37)52-55-50(54-51(56-52)35-15-11-16-36(31-35)57-44-24-8-4-18-38(44)39-19-5-9-25-45(39)57)34-29-27-33(28-30-34)48-49-47(41-20-3-7-23-43(41)53-48)42-21-6-10-26-46(42)58-49/h1-31H. The molecule has 0 spiro atoms. The predicted molar refractivity (Wildman–Crippen MR) is 236 cm³/mol. The molecule has 0 amide bonds. The highest BCUT2D eigenvalue weighted by Crippen LogP contribution is 2.40. The second kappa shape index (κ2) is 12.8. The third-order valence-corrected chi connectivity index (χ3v) is 11.2. The van der Waals surface area contributed by atoms with Crippen molar-refractivity contribution in [2.45, 2.75) is 0 Å². The van der Waals surface area contributed by atoms with Gasteiger partial charge in [0.2, 0.25) is 0 Å². The number of hydrogen-bond donors (Lipinski definition) is 0. The van der Waals surface area contributed by atoms with Crippen molar-refractivity contribution in [1.82, 2.24) is 24.5 Å². The van der Waals surface area contributed by atoms with E-state index in [1.54, 1.807) is 0 Å². The largest absolute Gasteiger partial charge is 0.454 e. The molecule has 270 valence electrons. The zero-order chi connectivity index (χ0) is 38.2. The Kier molecular flexibility index (Phi) is 7.13. The first-order valence-electron chi connectivity index (χ1n) is 19.4. The van der Waals surface area contributed by atoms with Crippen molar-refractivity contribution in [3.63, 3.8) is 0 Å². The third-order valence-electron chi connectivity index (χ3n) is 11.2. The highest BCUT2D eigenvalue weighted by Gasteiger charge is 2.20. The average Bonchev–Trinajstić information content (AvgIpc) is 3.85. The maximum atomic E-state index is 6.51. The number of pyridine rings is 1. The fourth-order valence-electron chi connectivity index (χ4n) is 8.57. The van der Waals surface area contributed by atoms with Gasteiger partial charge in [0.05, 0.1) is 16.6 Å². The molecule has 6 nitrogen and oxygen atoms in total. The smallest absolute Gasteiger partial charge is 0.164 e. The van der Waals surface area contributed by atoms with Gasteiger partial charge in [0, 0.05) is 54.9 Å². The van der Waals surface area contributed by atoms with E-state index in [1.165, 1.54) is 10.8 Å². The van der Waals surface area contributed by atoms with Gasteiger partial charge in [-0.15, -0.1) is 0 Å². The number of nitrogens with zero attached hydrogens (tertiary/aromatic N) is 5. The molecule has 0 fully saturated rings. The summed E-state index contributed by atoms with van der Waals surface area (Å²) in [6.45, 7) is 0. The van der Waals surface area contributed by atoms with Gasteiger partial charge < -0.3 is 8.98 Å². The Morgan fingerprint density at radius 3 is 1.78 bits per heavy atom. The van der Waals surface area contributed by atoms with E-state index >= 15 is 0 Å². The molecule has 0 saturated heterocycles. The number of para-hydroxylation sites is 4. The first-order chi connectivity index (χ1) is 28.7. The molecule has 8 aromatic carbocycles. The van der Waals surface area contributed by atoms with Crippen LogP contribution in [0, 0.1) is 0 Å². The highest BCUT2D eigenvalue weighted by atomic mass is 16.3. The summed E-state index contributed by atoms with van der Waals surface area (Å²) >= 11 is 0. The molecule has 0 bridgehead atoms. The summed E-state index contributed by atoms with van der Waals surface area (Å²) in [6.07, 6.45) is 0. The Morgan fingerprint density at radius 1 is 0.397 bits per heavy atom. The molecule has 4 aromatic heterocycles. The molecule has 6 heteroatoms. The van der Waals surface area contributed by atoms with E-state index in [2.05, 4.69) is 174 Å². The first-order valence-corrected chi connectivity index (χ1v) is 19.4. The molecule has 0 unspecified atom stereocenters. The van der Waals surface area contributed by atoms with E-state index in [0.29, 0.717) is 17.5 Å². The van der Waals surface area contributed by atoms with E-state index < -0.39 is 0 Å². The van der Waals surface area contributed by atoms with Crippen LogP contribution in [0.4, 0.5) is 0 Å². The predicted octanol–water partition coefficient (Wildman–Crippen LogP) is 13.2. The lowest BCUT2D eigenvalue weighted by molar-refractivity contribution is 0.669. The molecule has 0 N–H and O–H groups in total. The Balaban J connectivity index is 1.03. The third kappa shape index (κ3) is 5.05. The van der Waals surface area contributed by atoms with Crippen LogP contribution in [0.2, 0.25) is 0 Å². The summed E-state index contributed by atoms with van der Waals surface area (Å²) in [6, 6.07) is 65.0. The van der Waals surface area contributed by atoms with Crippen molar-refractivity contribution >= 4 is 65.4 Å². The summed E-state index contributed by atoms with van der Waals surface area (Å²) in [4.78, 5) is 20.7. The molecule has 0 aliphatic heterocycles. The highest BCUT2D eigenvalue weighted by molar-refractivity contribution is 6.20. The first kappa shape index (κ1) is 32.3. The van der Waals surface area contributed by atoms with Gasteiger partial charge in [-0.1, -0.05) is 152 Å². The normalized spacial score (nSPS) is 11.8. The van der Waals surface area contributed by atoms with E-state index in [1.807, 2.05) is 18.2 Å². The van der Waals surface area contributed by atoms with Crippen LogP contribution in [0.1, 0.15) is 0 Å². The van der Waals surface area contributed by atoms with Crippen LogP contribution in [0.3, 0.4) is 0 Å². The summed E-state index contributed by atoms with van der Waals surface area (Å²) in [7, 11) is 0. The lowest BCUT2D eigenvalue weighted by atomic mass is 10.0. The maximum Gasteiger partial charge on any atom is 0.164 e. The number of benzene rings is 8. The molecule has 0 aliphatic rings. The molecule has 0 saturated carbocycles. The molecule has 0 radical (unpaired) electrons. The second-order valence-electron chi connectivity index (χ2n) is 14.6. The number of furan rings is 1. The van der Waals surface area contributed by atoms with Gasteiger partial charge in [0.25, 0.3) is 0 Å². The van der Waals surface area contributed by atoms with Crippen molar-refractivity contribution in [1.29, 1.82) is 0 Å². The second-order valence-corrected chi connectivity index (χ2v) is 14.6. The van der Waals surface area contributed by atoms with Crippen molar-refractivity contribution in [3.05, 3.63) is 188 Å². The van der Waals surface area contributed by atoms with Crippen LogP contribution < -0.4 is 0 Å². The lowest BCUT2D eigenvalue weighted by Crippen LogP contribution is -2.01. The minimum absolute atomic E-state index is 0.585. The van der Waals surface area contributed by atoms with Gasteiger partial charge >= 0.3 is 0 Å². The lowest BCUT2D eigenvalue weighted by Gasteiger charge is -2.12. The topological polar surface area (TPSA) is 69.6 Å². The summed E-state index contributed by atoms with van der Waals surface area (Å²) < 4.78 is 8.83. The van der Waals surface area contributed by atoms with Crippen LogP contribution in [0.25, 0.3) is 117 Å². The minimum atomic E-state index is 0.585. The van der Waals surface area contributed by atoms with Gasteiger partial charge in [-0.05, 0) is 47.2 Å². The zero-order valence-corrected chi connectivity index (χ0v) is 31.0. The van der Waals surface area contributed by atoms with Gasteiger partial charge in [0.1, 0.15) is 11.3 Å². The van der Waals surface area contributed by atoms with Crippen LogP contribution in [-0.2, 0) is 0 Å². The van der Waals surface area contributed by atoms with E-state index in [4.69, 9.17) is 24.4 Å². The minimum Gasteiger partial charge on any atom is -0.454 e. The van der Waals surface area contributed by atoms with Crippen LogP contribution >= 0.6 is 0 Å². The van der Waals surface area contributed by atoms with Crippen LogP contribution in [-0.4, -0.2) is 24.5 Å². The molecule has 58 heavy (non-hydrogen) atoms. The number of aromatic nitrogens is 5. The fourth-order valence-corrected chi connectivity index (χ4v) is 8.57. The Morgan fingerprint density at radius 2 is 0.983 bits per heavy atom.